The molecule has 0 fully saturated rings. The molecule has 0 aliphatic carbocycles. The second kappa shape index (κ2) is 10.2. The summed E-state index contributed by atoms with van der Waals surface area (Å²) in [5.41, 5.74) is -2.42. The third-order valence-corrected chi connectivity index (χ3v) is 5.23. The number of hydrogen-bond donors (Lipinski definition) is 2. The summed E-state index contributed by atoms with van der Waals surface area (Å²) in [4.78, 5) is 14.9. The van der Waals surface area contributed by atoms with Crippen LogP contribution in [0.1, 0.15) is 45.4 Å². The molecule has 0 aliphatic rings. The van der Waals surface area contributed by atoms with Crippen molar-refractivity contribution in [3.05, 3.63) is 29.6 Å². The Morgan fingerprint density at radius 1 is 1.25 bits per heavy atom. The van der Waals surface area contributed by atoms with E-state index in [0.29, 0.717) is 0 Å². The fourth-order valence-electron chi connectivity index (χ4n) is 2.34. The van der Waals surface area contributed by atoms with Crippen LogP contribution in [0.4, 0.5) is 19.0 Å². The van der Waals surface area contributed by atoms with Gasteiger partial charge in [-0.25, -0.2) is 18.1 Å². The van der Waals surface area contributed by atoms with Gasteiger partial charge in [0.2, 0.25) is 5.91 Å². The van der Waals surface area contributed by atoms with Crippen LogP contribution in [0.2, 0.25) is 0 Å². The van der Waals surface area contributed by atoms with E-state index in [1.54, 1.807) is 0 Å². The number of anilines is 1. The van der Waals surface area contributed by atoms with Crippen molar-refractivity contribution in [1.82, 2.24) is 19.5 Å². The third kappa shape index (κ3) is 6.68. The van der Waals surface area contributed by atoms with Gasteiger partial charge in [-0.15, -0.1) is 0 Å². The quantitative estimate of drug-likeness (QED) is 0.604. The molecule has 14 heteroatoms. The number of halogens is 3. The summed E-state index contributed by atoms with van der Waals surface area (Å²) >= 11 is 0. The topological polar surface area (TPSA) is 130 Å². The molecule has 2 N–H and O–H groups in total. The minimum atomic E-state index is -4.89. The molecule has 2 aromatic heterocycles. The van der Waals surface area contributed by atoms with Crippen molar-refractivity contribution >= 4 is 51.3 Å². The summed E-state index contributed by atoms with van der Waals surface area (Å²) in [5.74, 6) is -1.09. The molecule has 170 valence electrons. The number of amides is 1. The zero-order valence-corrected chi connectivity index (χ0v) is 18.0. The number of pyridine rings is 1. The van der Waals surface area contributed by atoms with Crippen LogP contribution in [0.5, 0.6) is 0 Å². The predicted octanol–water partition coefficient (Wildman–Crippen LogP) is 2.18. The first-order valence-corrected chi connectivity index (χ1v) is 10.5. The van der Waals surface area contributed by atoms with Crippen molar-refractivity contribution in [2.24, 2.45) is 5.41 Å². The van der Waals surface area contributed by atoms with E-state index in [1.165, 1.54) is 13.0 Å². The van der Waals surface area contributed by atoms with Gasteiger partial charge in [0.15, 0.2) is 11.5 Å². The zero-order valence-electron chi connectivity index (χ0n) is 17.2. The van der Waals surface area contributed by atoms with Gasteiger partial charge in [0, 0.05) is 19.2 Å². The second-order valence-corrected chi connectivity index (χ2v) is 9.42. The van der Waals surface area contributed by atoms with Crippen LogP contribution in [0.3, 0.4) is 0 Å². The number of rotatable bonds is 6. The Morgan fingerprint density at radius 3 is 2.31 bits per heavy atom. The molecule has 0 bridgehead atoms. The van der Waals surface area contributed by atoms with E-state index < -0.39 is 33.4 Å². The maximum absolute atomic E-state index is 13.4. The minimum absolute atomic E-state index is 0. The molecule has 0 spiro atoms. The van der Waals surface area contributed by atoms with Gasteiger partial charge in [0.05, 0.1) is 0 Å². The number of nitrogens with one attached hydrogen (secondary N) is 2. The molecule has 9 nitrogen and oxygen atoms in total. The number of sulfonamides is 1. The van der Waals surface area contributed by atoms with Crippen LogP contribution in [0.25, 0.3) is 5.82 Å². The summed E-state index contributed by atoms with van der Waals surface area (Å²) in [5, 5.41) is 15.6. The van der Waals surface area contributed by atoms with Gasteiger partial charge in [0.25, 0.3) is 10.0 Å². The van der Waals surface area contributed by atoms with Crippen LogP contribution >= 0.6 is 0 Å². The molecule has 1 amide bonds. The predicted molar refractivity (Wildman–Crippen MR) is 112 cm³/mol. The number of nitriles is 1. The molecule has 0 saturated carbocycles. The Labute approximate surface area is 205 Å². The molecule has 0 atom stereocenters. The number of nitrogens with zero attached hydrogens (tertiary/aromatic N) is 4. The Kier molecular flexibility index (Phi) is 8.89. The summed E-state index contributed by atoms with van der Waals surface area (Å²) < 4.78 is 67.2. The Morgan fingerprint density at radius 2 is 1.88 bits per heavy atom. The fourth-order valence-corrected chi connectivity index (χ4v) is 3.34. The molecule has 2 heterocycles. The number of aromatic nitrogens is 3. The van der Waals surface area contributed by atoms with Crippen molar-refractivity contribution in [1.29, 1.82) is 5.26 Å². The molecule has 32 heavy (non-hydrogen) atoms. The normalized spacial score (nSPS) is 11.9. The van der Waals surface area contributed by atoms with Crippen LogP contribution in [-0.4, -0.2) is 65.2 Å². The summed E-state index contributed by atoms with van der Waals surface area (Å²) in [6.45, 7) is 7.24. The molecular formula is C18H22F3N6NaO3S. The molecule has 0 radical (unpaired) electrons. The number of hydrogen-bond acceptors (Lipinski definition) is 7. The SMILES string of the molecule is CCC(=O)NS(=O)(=O)c1ccc(-n2nc(C(F)(F)F)c(C#N)c2NCC(C)(C)C)nc1.[NaH]. The van der Waals surface area contributed by atoms with E-state index in [1.807, 2.05) is 25.5 Å². The monoisotopic (exact) mass is 482 g/mol. The van der Waals surface area contributed by atoms with Crippen molar-refractivity contribution < 1.29 is 26.4 Å². The summed E-state index contributed by atoms with van der Waals surface area (Å²) in [6, 6.07) is 3.72. The van der Waals surface area contributed by atoms with Crippen molar-refractivity contribution in [3.63, 3.8) is 0 Å². The molecule has 2 aromatic rings. The van der Waals surface area contributed by atoms with E-state index in [0.717, 1.165) is 23.0 Å². The maximum atomic E-state index is 13.4. The zero-order chi connectivity index (χ0) is 23.6. The molecule has 2 rings (SSSR count). The first-order valence-electron chi connectivity index (χ1n) is 9.06. The third-order valence-electron chi connectivity index (χ3n) is 3.87. The van der Waals surface area contributed by atoms with Crippen LogP contribution in [-0.2, 0) is 21.0 Å². The first-order chi connectivity index (χ1) is 14.2. The average molecular weight is 482 g/mol. The molecule has 0 aliphatic heterocycles. The van der Waals surface area contributed by atoms with Crippen molar-refractivity contribution in [2.75, 3.05) is 11.9 Å². The van der Waals surface area contributed by atoms with E-state index in [2.05, 4.69) is 15.4 Å². The van der Waals surface area contributed by atoms with Gasteiger partial charge < -0.3 is 5.32 Å². The van der Waals surface area contributed by atoms with Gasteiger partial charge in [-0.3, -0.25) is 4.79 Å². The standard InChI is InChI=1S/C18H21F3N6O3S.Na.H/c1-5-14(28)26-31(29,30)11-6-7-13(23-9-11)27-16(24-10-17(2,3)4)12(8-22)15(25-27)18(19,20)21;;/h6-7,9,24H,5,10H2,1-4H3,(H,26,28);;. The summed E-state index contributed by atoms with van der Waals surface area (Å²) in [7, 11) is -4.18. The van der Waals surface area contributed by atoms with Crippen molar-refractivity contribution in [3.8, 4) is 11.9 Å². The van der Waals surface area contributed by atoms with Crippen molar-refractivity contribution in [2.45, 2.75) is 45.2 Å². The summed E-state index contributed by atoms with van der Waals surface area (Å²) in [6.07, 6.45) is -4.06. The van der Waals surface area contributed by atoms with Gasteiger partial charge in [-0.2, -0.15) is 28.2 Å². The number of carbonyl (C=O) groups excluding carboxylic acids is 1. The Hall–Kier alpha value is -2.14. The fraction of sp³-hybridized carbons (Fsp3) is 0.444. The van der Waals surface area contributed by atoms with Gasteiger partial charge in [-0.05, 0) is 17.5 Å². The van der Waals surface area contributed by atoms with Gasteiger partial charge in [-0.1, -0.05) is 27.7 Å². The molecule has 0 unspecified atom stereocenters. The molecule has 0 saturated heterocycles. The van der Waals surface area contributed by atoms with Gasteiger partial charge >= 0.3 is 35.7 Å². The molecule has 0 aromatic carbocycles. The Balaban J connectivity index is 0.00000512. The second-order valence-electron chi connectivity index (χ2n) is 7.74. The van der Waals surface area contributed by atoms with E-state index >= 15 is 0 Å². The van der Waals surface area contributed by atoms with E-state index in [4.69, 9.17) is 0 Å². The van der Waals surface area contributed by atoms with Crippen LogP contribution in [0.15, 0.2) is 23.2 Å². The first kappa shape index (κ1) is 27.9. The number of carbonyl (C=O) groups is 1. The van der Waals surface area contributed by atoms with E-state index in [9.17, 15) is 31.6 Å². The molecular weight excluding hydrogens is 460 g/mol. The average Bonchev–Trinajstić information content (AvgIpc) is 3.04. The number of alkyl halides is 3. The van der Waals surface area contributed by atoms with Crippen LogP contribution < -0.4 is 10.0 Å². The van der Waals surface area contributed by atoms with Crippen LogP contribution in [0, 0.1) is 16.7 Å². The van der Waals surface area contributed by atoms with E-state index in [-0.39, 0.29) is 64.5 Å². The Bertz CT molecular complexity index is 1120. The van der Waals surface area contributed by atoms with Gasteiger partial charge in [0.1, 0.15) is 22.3 Å².